The van der Waals surface area contributed by atoms with E-state index in [2.05, 4.69) is 25.8 Å². The molecule has 0 bridgehead atoms. The van der Waals surface area contributed by atoms with Crippen molar-refractivity contribution in [3.05, 3.63) is 93.0 Å². The third-order valence-corrected chi connectivity index (χ3v) is 5.94. The molecule has 2 aromatic carbocycles. The van der Waals surface area contributed by atoms with Crippen molar-refractivity contribution < 1.29 is 9.59 Å². The monoisotopic (exact) mass is 483 g/mol. The zero-order chi connectivity index (χ0) is 21.1. The summed E-state index contributed by atoms with van der Waals surface area (Å²) >= 11 is 9.63. The molecule has 1 amide bonds. The zero-order valence-electron chi connectivity index (χ0n) is 16.1. The summed E-state index contributed by atoms with van der Waals surface area (Å²) in [5, 5.41) is 0.600. The maximum absolute atomic E-state index is 13.2. The Kier molecular flexibility index (Phi) is 6.16. The van der Waals surface area contributed by atoms with Crippen molar-refractivity contribution in [1.29, 1.82) is 0 Å². The first kappa shape index (κ1) is 20.6. The van der Waals surface area contributed by atoms with Crippen LogP contribution in [-0.2, 0) is 0 Å². The molecule has 7 heteroatoms. The zero-order valence-corrected chi connectivity index (χ0v) is 18.4. The van der Waals surface area contributed by atoms with Crippen LogP contribution in [0.15, 0.2) is 71.3 Å². The van der Waals surface area contributed by atoms with Crippen LogP contribution < -0.4 is 4.90 Å². The van der Waals surface area contributed by atoms with Gasteiger partial charge in [-0.05, 0) is 42.5 Å². The maximum Gasteiger partial charge on any atom is 0.254 e. The number of hydrogen-bond donors (Lipinski definition) is 0. The number of ketones is 1. The molecule has 0 atom stereocenters. The van der Waals surface area contributed by atoms with Gasteiger partial charge in [0.1, 0.15) is 5.82 Å². The Balaban J connectivity index is 1.51. The molecule has 0 saturated carbocycles. The molecule has 0 aliphatic carbocycles. The normalized spacial score (nSPS) is 13.9. The van der Waals surface area contributed by atoms with E-state index in [1.165, 1.54) is 0 Å². The molecule has 0 radical (unpaired) electrons. The number of amides is 1. The molecule has 2 heterocycles. The van der Waals surface area contributed by atoms with E-state index in [0.717, 1.165) is 10.3 Å². The fourth-order valence-electron chi connectivity index (χ4n) is 3.53. The molecule has 0 spiro atoms. The Morgan fingerprint density at radius 2 is 1.53 bits per heavy atom. The van der Waals surface area contributed by atoms with Gasteiger partial charge in [-0.3, -0.25) is 9.59 Å². The Bertz CT molecular complexity index is 1080. The molecule has 30 heavy (non-hydrogen) atoms. The van der Waals surface area contributed by atoms with Crippen molar-refractivity contribution in [1.82, 2.24) is 9.88 Å². The molecule has 1 aliphatic rings. The summed E-state index contributed by atoms with van der Waals surface area (Å²) in [6, 6.07) is 17.7. The summed E-state index contributed by atoms with van der Waals surface area (Å²) in [6.07, 6.45) is 1.71. The minimum Gasteiger partial charge on any atom is -0.352 e. The van der Waals surface area contributed by atoms with Crippen LogP contribution in [0.1, 0.15) is 26.3 Å². The molecular formula is C23H19BrClN3O2. The highest BCUT2D eigenvalue weighted by Gasteiger charge is 2.26. The number of aromatic nitrogens is 1. The van der Waals surface area contributed by atoms with Gasteiger partial charge in [0.25, 0.3) is 5.91 Å². The van der Waals surface area contributed by atoms with Crippen molar-refractivity contribution in [2.24, 2.45) is 0 Å². The maximum atomic E-state index is 13.2. The second kappa shape index (κ2) is 8.98. The fraction of sp³-hybridized carbons (Fsp3) is 0.174. The molecule has 1 aliphatic heterocycles. The Morgan fingerprint density at radius 1 is 0.867 bits per heavy atom. The lowest BCUT2D eigenvalue weighted by molar-refractivity contribution is 0.0742. The lowest BCUT2D eigenvalue weighted by atomic mass is 9.97. The first-order valence-corrected chi connectivity index (χ1v) is 10.8. The van der Waals surface area contributed by atoms with Gasteiger partial charge in [-0.1, -0.05) is 45.7 Å². The first-order chi connectivity index (χ1) is 14.5. The van der Waals surface area contributed by atoms with E-state index in [9.17, 15) is 9.59 Å². The Hall–Kier alpha value is -2.70. The van der Waals surface area contributed by atoms with Gasteiger partial charge < -0.3 is 9.80 Å². The van der Waals surface area contributed by atoms with Crippen LogP contribution in [0.4, 0.5) is 5.82 Å². The number of pyridine rings is 1. The van der Waals surface area contributed by atoms with Crippen molar-refractivity contribution in [2.45, 2.75) is 0 Å². The molecule has 1 aromatic heterocycles. The number of nitrogens with zero attached hydrogens (tertiary/aromatic N) is 3. The summed E-state index contributed by atoms with van der Waals surface area (Å²) in [6.45, 7) is 2.33. The van der Waals surface area contributed by atoms with Gasteiger partial charge in [0, 0.05) is 48.0 Å². The first-order valence-electron chi connectivity index (χ1n) is 9.58. The summed E-state index contributed by atoms with van der Waals surface area (Å²) in [5.74, 6) is 0.435. The number of anilines is 1. The van der Waals surface area contributed by atoms with E-state index in [1.807, 2.05) is 18.2 Å². The van der Waals surface area contributed by atoms with Crippen molar-refractivity contribution in [3.8, 4) is 0 Å². The standard InChI is InChI=1S/C23H19BrClN3O2/c24-17-9-7-16(8-10-17)21(29)18-4-1-2-5-19(18)23(30)28-14-12-27(13-15-28)22-20(25)6-3-11-26-22/h1-11H,12-15H2. The SMILES string of the molecule is O=C(c1ccc(Br)cc1)c1ccccc1C(=O)N1CCN(c2ncccc2Cl)CC1. The molecule has 4 rings (SSSR count). The number of halogens is 2. The predicted molar refractivity (Wildman–Crippen MR) is 121 cm³/mol. The number of rotatable bonds is 4. The quantitative estimate of drug-likeness (QED) is 0.504. The summed E-state index contributed by atoms with van der Waals surface area (Å²) in [7, 11) is 0. The van der Waals surface area contributed by atoms with Crippen LogP contribution in [0.25, 0.3) is 0 Å². The number of piperazine rings is 1. The highest BCUT2D eigenvalue weighted by atomic mass is 79.9. The highest BCUT2D eigenvalue weighted by molar-refractivity contribution is 9.10. The average molecular weight is 485 g/mol. The van der Waals surface area contributed by atoms with E-state index in [4.69, 9.17) is 11.6 Å². The van der Waals surface area contributed by atoms with Crippen molar-refractivity contribution in [2.75, 3.05) is 31.1 Å². The summed E-state index contributed by atoms with van der Waals surface area (Å²) < 4.78 is 0.897. The molecule has 1 saturated heterocycles. The molecule has 1 fully saturated rings. The van der Waals surface area contributed by atoms with Crippen LogP contribution in [0.2, 0.25) is 5.02 Å². The number of benzene rings is 2. The Labute approximate surface area is 188 Å². The number of hydrogen-bond acceptors (Lipinski definition) is 4. The molecule has 0 unspecified atom stereocenters. The van der Waals surface area contributed by atoms with E-state index in [0.29, 0.717) is 47.9 Å². The van der Waals surface area contributed by atoms with Crippen LogP contribution in [0.3, 0.4) is 0 Å². The highest BCUT2D eigenvalue weighted by Crippen LogP contribution is 2.24. The van der Waals surface area contributed by atoms with Gasteiger partial charge in [0.05, 0.1) is 10.6 Å². The third kappa shape index (κ3) is 4.25. The van der Waals surface area contributed by atoms with Gasteiger partial charge in [-0.15, -0.1) is 0 Å². The lowest BCUT2D eigenvalue weighted by Gasteiger charge is -2.36. The smallest absolute Gasteiger partial charge is 0.254 e. The molecule has 0 N–H and O–H groups in total. The van der Waals surface area contributed by atoms with Gasteiger partial charge in [0.15, 0.2) is 5.78 Å². The summed E-state index contributed by atoms with van der Waals surface area (Å²) in [4.78, 5) is 34.5. The molecule has 152 valence electrons. The second-order valence-corrected chi connectivity index (χ2v) is 8.29. The van der Waals surface area contributed by atoms with Crippen molar-refractivity contribution >= 4 is 45.0 Å². The minimum absolute atomic E-state index is 0.136. The van der Waals surface area contributed by atoms with E-state index in [-0.39, 0.29) is 11.7 Å². The molecule has 5 nitrogen and oxygen atoms in total. The Morgan fingerprint density at radius 3 is 2.20 bits per heavy atom. The minimum atomic E-state index is -0.162. The van der Waals surface area contributed by atoms with Crippen LogP contribution in [-0.4, -0.2) is 47.8 Å². The third-order valence-electron chi connectivity index (χ3n) is 5.11. The molecule has 3 aromatic rings. The summed E-state index contributed by atoms with van der Waals surface area (Å²) in [5.41, 5.74) is 1.39. The van der Waals surface area contributed by atoms with Gasteiger partial charge in [-0.25, -0.2) is 4.98 Å². The van der Waals surface area contributed by atoms with Crippen molar-refractivity contribution in [3.63, 3.8) is 0 Å². The number of carbonyl (C=O) groups is 2. The second-order valence-electron chi connectivity index (χ2n) is 6.97. The van der Waals surface area contributed by atoms with E-state index >= 15 is 0 Å². The predicted octanol–water partition coefficient (Wildman–Crippen LogP) is 4.69. The molecular weight excluding hydrogens is 466 g/mol. The largest absolute Gasteiger partial charge is 0.352 e. The van der Waals surface area contributed by atoms with Gasteiger partial charge >= 0.3 is 0 Å². The van der Waals surface area contributed by atoms with E-state index < -0.39 is 0 Å². The van der Waals surface area contributed by atoms with Crippen LogP contribution in [0.5, 0.6) is 0 Å². The van der Waals surface area contributed by atoms with Gasteiger partial charge in [-0.2, -0.15) is 0 Å². The van der Waals surface area contributed by atoms with Gasteiger partial charge in [0.2, 0.25) is 0 Å². The topological polar surface area (TPSA) is 53.5 Å². The number of carbonyl (C=O) groups excluding carboxylic acids is 2. The van der Waals surface area contributed by atoms with Crippen LogP contribution in [0, 0.1) is 0 Å². The van der Waals surface area contributed by atoms with Crippen LogP contribution >= 0.6 is 27.5 Å². The fourth-order valence-corrected chi connectivity index (χ4v) is 4.03. The average Bonchev–Trinajstić information content (AvgIpc) is 2.79. The van der Waals surface area contributed by atoms with E-state index in [1.54, 1.807) is 53.6 Å². The lowest BCUT2D eigenvalue weighted by Crippen LogP contribution is -2.49.